The lowest BCUT2D eigenvalue weighted by atomic mass is 9.93. The maximum Gasteiger partial charge on any atom is 0.134 e. The lowest BCUT2D eigenvalue weighted by Gasteiger charge is -2.12. The second-order valence-electron chi connectivity index (χ2n) is 6.71. The molecule has 0 aliphatic carbocycles. The van der Waals surface area contributed by atoms with Crippen molar-refractivity contribution in [3.63, 3.8) is 0 Å². The molecule has 3 aromatic rings. The highest BCUT2D eigenvalue weighted by atomic mass is 19.1. The van der Waals surface area contributed by atoms with Crippen molar-refractivity contribution in [3.8, 4) is 5.75 Å². The minimum Gasteiger partial charge on any atom is -0.494 e. The Morgan fingerprint density at radius 3 is 2.33 bits per heavy atom. The number of ether oxygens (including phenoxy) is 1. The van der Waals surface area contributed by atoms with Gasteiger partial charge in [-0.15, -0.1) is 0 Å². The van der Waals surface area contributed by atoms with Crippen LogP contribution in [0.15, 0.2) is 72.8 Å². The van der Waals surface area contributed by atoms with Crippen LogP contribution < -0.4 is 4.74 Å². The van der Waals surface area contributed by atoms with Crippen LogP contribution >= 0.6 is 0 Å². The van der Waals surface area contributed by atoms with E-state index >= 15 is 0 Å². The molecule has 0 saturated heterocycles. The normalized spacial score (nSPS) is 12.3. The van der Waals surface area contributed by atoms with Gasteiger partial charge in [0.05, 0.1) is 6.61 Å². The van der Waals surface area contributed by atoms with Gasteiger partial charge in [-0.1, -0.05) is 73.7 Å². The fourth-order valence-electron chi connectivity index (χ4n) is 3.10. The molecule has 0 aromatic heterocycles. The second kappa shape index (κ2) is 9.18. The van der Waals surface area contributed by atoms with Gasteiger partial charge in [0, 0.05) is 11.6 Å². The number of hydrogen-bond donors (Lipinski definition) is 0. The third-order valence-electron chi connectivity index (χ3n) is 4.63. The summed E-state index contributed by atoms with van der Waals surface area (Å²) in [5.74, 6) is 0.764. The van der Waals surface area contributed by atoms with Crippen LogP contribution in [-0.4, -0.2) is 6.61 Å². The van der Waals surface area contributed by atoms with Gasteiger partial charge in [0.1, 0.15) is 11.6 Å². The molecule has 0 bridgehead atoms. The summed E-state index contributed by atoms with van der Waals surface area (Å²) in [6.07, 6.45) is 4.73. The molecular weight excluding hydrogens is 335 g/mol. The first-order chi connectivity index (χ1) is 13.2. The van der Waals surface area contributed by atoms with E-state index in [1.54, 1.807) is 18.2 Å². The molecule has 138 valence electrons. The van der Waals surface area contributed by atoms with Crippen molar-refractivity contribution < 1.29 is 9.13 Å². The molecule has 1 atom stereocenters. The second-order valence-corrected chi connectivity index (χ2v) is 6.71. The van der Waals surface area contributed by atoms with Gasteiger partial charge in [-0.05, 0) is 48.1 Å². The summed E-state index contributed by atoms with van der Waals surface area (Å²) in [7, 11) is 0. The zero-order valence-electron chi connectivity index (χ0n) is 15.9. The van der Waals surface area contributed by atoms with Gasteiger partial charge in [0.25, 0.3) is 0 Å². The lowest BCUT2D eigenvalue weighted by molar-refractivity contribution is 0.338. The average Bonchev–Trinajstić information content (AvgIpc) is 2.69. The SMILES string of the molecule is CCOc1ccc(C=Cc2ccc(C[C@H](C)c3ccccc3)cc2)c(F)c1. The minimum atomic E-state index is -0.273. The van der Waals surface area contributed by atoms with Crippen LogP contribution in [0.3, 0.4) is 0 Å². The fraction of sp³-hybridized carbons (Fsp3) is 0.200. The van der Waals surface area contributed by atoms with Gasteiger partial charge in [-0.3, -0.25) is 0 Å². The van der Waals surface area contributed by atoms with Crippen LogP contribution in [-0.2, 0) is 6.42 Å². The molecule has 0 amide bonds. The number of halogens is 1. The van der Waals surface area contributed by atoms with Gasteiger partial charge in [-0.2, -0.15) is 0 Å². The van der Waals surface area contributed by atoms with E-state index in [4.69, 9.17) is 4.74 Å². The molecule has 2 heteroatoms. The van der Waals surface area contributed by atoms with Gasteiger partial charge < -0.3 is 4.74 Å². The van der Waals surface area contributed by atoms with E-state index in [-0.39, 0.29) is 5.82 Å². The van der Waals surface area contributed by atoms with Gasteiger partial charge in [-0.25, -0.2) is 4.39 Å². The maximum absolute atomic E-state index is 14.1. The molecule has 27 heavy (non-hydrogen) atoms. The highest BCUT2D eigenvalue weighted by molar-refractivity contribution is 5.70. The maximum atomic E-state index is 14.1. The molecule has 0 heterocycles. The summed E-state index contributed by atoms with van der Waals surface area (Å²) in [6.45, 7) is 4.66. The highest BCUT2D eigenvalue weighted by Crippen LogP contribution is 2.22. The van der Waals surface area contributed by atoms with Crippen LogP contribution in [0.4, 0.5) is 4.39 Å². The molecule has 0 aliphatic rings. The van der Waals surface area contributed by atoms with Gasteiger partial charge in [0.2, 0.25) is 0 Å². The van der Waals surface area contributed by atoms with E-state index in [1.807, 2.05) is 19.1 Å². The summed E-state index contributed by atoms with van der Waals surface area (Å²) in [5, 5.41) is 0. The molecule has 0 fully saturated rings. The largest absolute Gasteiger partial charge is 0.494 e. The van der Waals surface area contributed by atoms with Crippen LogP contribution in [0.5, 0.6) is 5.75 Å². The van der Waals surface area contributed by atoms with E-state index in [2.05, 4.69) is 55.5 Å². The molecule has 3 aromatic carbocycles. The lowest BCUT2D eigenvalue weighted by Crippen LogP contribution is -1.98. The van der Waals surface area contributed by atoms with E-state index in [0.29, 0.717) is 23.8 Å². The Labute approximate surface area is 161 Å². The average molecular weight is 360 g/mol. The zero-order valence-corrected chi connectivity index (χ0v) is 15.9. The molecule has 0 saturated carbocycles. The number of hydrogen-bond acceptors (Lipinski definition) is 1. The van der Waals surface area contributed by atoms with Crippen molar-refractivity contribution in [2.24, 2.45) is 0 Å². The topological polar surface area (TPSA) is 9.23 Å². The van der Waals surface area contributed by atoms with Crippen molar-refractivity contribution in [1.82, 2.24) is 0 Å². The molecule has 0 N–H and O–H groups in total. The summed E-state index contributed by atoms with van der Waals surface area (Å²) in [6, 6.07) is 24.0. The van der Waals surface area contributed by atoms with Crippen molar-refractivity contribution in [2.75, 3.05) is 6.61 Å². The summed E-state index contributed by atoms with van der Waals surface area (Å²) >= 11 is 0. The van der Waals surface area contributed by atoms with Crippen molar-refractivity contribution in [3.05, 3.63) is 101 Å². The Bertz CT molecular complexity index is 882. The fourth-order valence-corrected chi connectivity index (χ4v) is 3.10. The quantitative estimate of drug-likeness (QED) is 0.424. The Kier molecular flexibility index (Phi) is 6.43. The summed E-state index contributed by atoms with van der Waals surface area (Å²) < 4.78 is 19.4. The first-order valence-corrected chi connectivity index (χ1v) is 9.40. The molecule has 0 spiro atoms. The van der Waals surface area contributed by atoms with Crippen molar-refractivity contribution in [2.45, 2.75) is 26.2 Å². The van der Waals surface area contributed by atoms with E-state index in [9.17, 15) is 4.39 Å². The Balaban J connectivity index is 1.64. The van der Waals surface area contributed by atoms with Crippen LogP contribution in [0.25, 0.3) is 12.2 Å². The first kappa shape index (κ1) is 18.9. The summed E-state index contributed by atoms with van der Waals surface area (Å²) in [5.41, 5.74) is 4.27. The van der Waals surface area contributed by atoms with Crippen LogP contribution in [0, 0.1) is 5.82 Å². The number of rotatable bonds is 7. The predicted molar refractivity (Wildman–Crippen MR) is 112 cm³/mol. The molecule has 1 nitrogen and oxygen atoms in total. The predicted octanol–water partition coefficient (Wildman–Crippen LogP) is 6.74. The van der Waals surface area contributed by atoms with Gasteiger partial charge >= 0.3 is 0 Å². The Morgan fingerprint density at radius 1 is 0.926 bits per heavy atom. The molecular formula is C25H25FO. The van der Waals surface area contributed by atoms with E-state index in [0.717, 1.165) is 12.0 Å². The minimum absolute atomic E-state index is 0.273. The van der Waals surface area contributed by atoms with Gasteiger partial charge in [0.15, 0.2) is 0 Å². The third kappa shape index (κ3) is 5.30. The molecule has 0 radical (unpaired) electrons. The van der Waals surface area contributed by atoms with E-state index < -0.39 is 0 Å². The first-order valence-electron chi connectivity index (χ1n) is 9.40. The molecule has 0 aliphatic heterocycles. The number of benzene rings is 3. The van der Waals surface area contributed by atoms with Crippen molar-refractivity contribution in [1.29, 1.82) is 0 Å². The standard InChI is InChI=1S/C25H25FO/c1-3-27-24-16-15-23(25(26)18-24)14-13-20-9-11-21(12-10-20)17-19(2)22-7-5-4-6-8-22/h4-16,18-19H,3,17H2,1-2H3/t19-/m0/s1. The molecule has 0 unspecified atom stereocenters. The Morgan fingerprint density at radius 2 is 1.67 bits per heavy atom. The van der Waals surface area contributed by atoms with Crippen LogP contribution in [0.1, 0.15) is 42.0 Å². The summed E-state index contributed by atoms with van der Waals surface area (Å²) in [4.78, 5) is 0. The van der Waals surface area contributed by atoms with Crippen molar-refractivity contribution >= 4 is 12.2 Å². The smallest absolute Gasteiger partial charge is 0.134 e. The van der Waals surface area contributed by atoms with E-state index in [1.165, 1.54) is 17.2 Å². The zero-order chi connectivity index (χ0) is 19.1. The third-order valence-corrected chi connectivity index (χ3v) is 4.63. The Hall–Kier alpha value is -2.87. The monoisotopic (exact) mass is 360 g/mol. The highest BCUT2D eigenvalue weighted by Gasteiger charge is 2.06. The van der Waals surface area contributed by atoms with Crippen LogP contribution in [0.2, 0.25) is 0 Å². The molecule has 3 rings (SSSR count).